The summed E-state index contributed by atoms with van der Waals surface area (Å²) in [6.45, 7) is 6.74. The smallest absolute Gasteiger partial charge is 0.234 e. The molecule has 0 radical (unpaired) electrons. The Kier molecular flexibility index (Phi) is 7.72. The van der Waals surface area contributed by atoms with Gasteiger partial charge in [-0.15, -0.1) is 0 Å². The van der Waals surface area contributed by atoms with Gasteiger partial charge in [-0.25, -0.2) is 0 Å². The SMILES string of the molecule is COc1cccc(CN(Cc2ccc(N3CCCC3)cc2)c2cccc(CN3CCNC(=O)C3)c2)c1. The molecule has 0 unspecified atom stereocenters. The van der Waals surface area contributed by atoms with Crippen molar-refractivity contribution < 1.29 is 9.53 Å². The first kappa shape index (κ1) is 24.2. The third-order valence-electron chi connectivity index (χ3n) is 7.09. The summed E-state index contributed by atoms with van der Waals surface area (Å²) in [5.74, 6) is 0.981. The van der Waals surface area contributed by atoms with Crippen LogP contribution in [0.3, 0.4) is 0 Å². The first-order chi connectivity index (χ1) is 17.7. The molecule has 0 spiro atoms. The molecule has 3 aromatic carbocycles. The maximum Gasteiger partial charge on any atom is 0.234 e. The van der Waals surface area contributed by atoms with E-state index in [0.29, 0.717) is 13.1 Å². The van der Waals surface area contributed by atoms with Crippen LogP contribution in [0.15, 0.2) is 72.8 Å². The van der Waals surface area contributed by atoms with Crippen LogP contribution < -0.4 is 19.9 Å². The fourth-order valence-electron chi connectivity index (χ4n) is 5.17. The van der Waals surface area contributed by atoms with E-state index in [9.17, 15) is 4.79 Å². The van der Waals surface area contributed by atoms with E-state index in [-0.39, 0.29) is 5.91 Å². The summed E-state index contributed by atoms with van der Waals surface area (Å²) in [5, 5.41) is 2.91. The van der Waals surface area contributed by atoms with Crippen molar-refractivity contribution in [2.75, 3.05) is 49.6 Å². The average molecular weight is 485 g/mol. The zero-order valence-corrected chi connectivity index (χ0v) is 21.2. The van der Waals surface area contributed by atoms with E-state index in [2.05, 4.69) is 86.7 Å². The van der Waals surface area contributed by atoms with Crippen molar-refractivity contribution in [3.8, 4) is 5.75 Å². The summed E-state index contributed by atoms with van der Waals surface area (Å²) >= 11 is 0. The molecule has 1 N–H and O–H groups in total. The summed E-state index contributed by atoms with van der Waals surface area (Å²) in [7, 11) is 1.71. The van der Waals surface area contributed by atoms with Crippen LogP contribution in [0.25, 0.3) is 0 Å². The molecule has 1 amide bonds. The third kappa shape index (κ3) is 6.18. The largest absolute Gasteiger partial charge is 0.497 e. The molecule has 5 rings (SSSR count). The van der Waals surface area contributed by atoms with Crippen molar-refractivity contribution in [1.29, 1.82) is 0 Å². The first-order valence-electron chi connectivity index (χ1n) is 13.0. The number of hydrogen-bond acceptors (Lipinski definition) is 5. The second-order valence-electron chi connectivity index (χ2n) is 9.80. The lowest BCUT2D eigenvalue weighted by Crippen LogP contribution is -2.47. The second-order valence-corrected chi connectivity index (χ2v) is 9.80. The van der Waals surface area contributed by atoms with Gasteiger partial charge in [0.15, 0.2) is 0 Å². The van der Waals surface area contributed by atoms with E-state index in [1.807, 2.05) is 6.07 Å². The third-order valence-corrected chi connectivity index (χ3v) is 7.09. The highest BCUT2D eigenvalue weighted by molar-refractivity contribution is 5.78. The van der Waals surface area contributed by atoms with Gasteiger partial charge in [-0.3, -0.25) is 9.69 Å². The summed E-state index contributed by atoms with van der Waals surface area (Å²) in [6, 6.07) is 26.1. The number of amides is 1. The van der Waals surface area contributed by atoms with Crippen LogP contribution in [0.2, 0.25) is 0 Å². The van der Waals surface area contributed by atoms with Gasteiger partial charge in [0.25, 0.3) is 0 Å². The molecule has 0 saturated carbocycles. The highest BCUT2D eigenvalue weighted by Crippen LogP contribution is 2.26. The number of nitrogens with one attached hydrogen (secondary N) is 1. The van der Waals surface area contributed by atoms with Gasteiger partial charge in [-0.2, -0.15) is 0 Å². The van der Waals surface area contributed by atoms with E-state index in [0.717, 1.165) is 45.0 Å². The fourth-order valence-corrected chi connectivity index (χ4v) is 5.17. The molecule has 2 aliphatic rings. The van der Waals surface area contributed by atoms with E-state index in [1.54, 1.807) is 7.11 Å². The molecule has 2 aliphatic heterocycles. The Hall–Kier alpha value is -3.51. The van der Waals surface area contributed by atoms with Crippen molar-refractivity contribution >= 4 is 17.3 Å². The van der Waals surface area contributed by atoms with Crippen LogP contribution in [0.4, 0.5) is 11.4 Å². The van der Waals surface area contributed by atoms with Crippen molar-refractivity contribution in [3.63, 3.8) is 0 Å². The van der Waals surface area contributed by atoms with Crippen molar-refractivity contribution in [2.24, 2.45) is 0 Å². The molecule has 6 heteroatoms. The van der Waals surface area contributed by atoms with Crippen molar-refractivity contribution in [1.82, 2.24) is 10.2 Å². The maximum absolute atomic E-state index is 11.8. The monoisotopic (exact) mass is 484 g/mol. The van der Waals surface area contributed by atoms with Crippen LogP contribution in [0, 0.1) is 0 Å². The lowest BCUT2D eigenvalue weighted by Gasteiger charge is -2.28. The van der Waals surface area contributed by atoms with Crippen LogP contribution in [-0.4, -0.2) is 50.6 Å². The molecule has 0 aliphatic carbocycles. The van der Waals surface area contributed by atoms with Gasteiger partial charge in [-0.1, -0.05) is 36.4 Å². The predicted octanol–water partition coefficient (Wildman–Crippen LogP) is 4.43. The highest BCUT2D eigenvalue weighted by atomic mass is 16.5. The van der Waals surface area contributed by atoms with Gasteiger partial charge in [0.2, 0.25) is 5.91 Å². The Morgan fingerprint density at radius 1 is 0.861 bits per heavy atom. The second kappa shape index (κ2) is 11.5. The molecule has 2 saturated heterocycles. The number of carbonyl (C=O) groups is 1. The zero-order chi connectivity index (χ0) is 24.7. The standard InChI is InChI=1S/C30H36N4O2/c1-36-29-9-5-7-26(19-29)22-34(21-24-10-12-27(13-11-24)33-15-2-3-16-33)28-8-4-6-25(18-28)20-32-17-14-31-30(35)23-32/h4-13,18-19H,2-3,14-17,20-23H2,1H3,(H,31,35). The van der Waals surface area contributed by atoms with Crippen molar-refractivity contribution in [2.45, 2.75) is 32.5 Å². The molecule has 2 fully saturated rings. The van der Waals surface area contributed by atoms with Gasteiger partial charge in [0, 0.05) is 57.2 Å². The number of rotatable bonds is 9. The number of hydrogen-bond donors (Lipinski definition) is 1. The molecule has 3 aromatic rings. The molecule has 2 heterocycles. The molecule has 36 heavy (non-hydrogen) atoms. The minimum atomic E-state index is 0.106. The maximum atomic E-state index is 11.8. The van der Waals surface area contributed by atoms with Gasteiger partial charge < -0.3 is 19.9 Å². The highest BCUT2D eigenvalue weighted by Gasteiger charge is 2.17. The predicted molar refractivity (Wildman–Crippen MR) is 145 cm³/mol. The molecule has 0 atom stereocenters. The van der Waals surface area contributed by atoms with Crippen LogP contribution in [-0.2, 0) is 24.4 Å². The molecule has 0 bridgehead atoms. The van der Waals surface area contributed by atoms with Gasteiger partial charge >= 0.3 is 0 Å². The quantitative estimate of drug-likeness (QED) is 0.487. The van der Waals surface area contributed by atoms with E-state index in [1.165, 1.54) is 40.9 Å². The lowest BCUT2D eigenvalue weighted by atomic mass is 10.1. The number of benzene rings is 3. The summed E-state index contributed by atoms with van der Waals surface area (Å²) in [4.78, 5) is 18.9. The van der Waals surface area contributed by atoms with E-state index in [4.69, 9.17) is 4.74 Å². The van der Waals surface area contributed by atoms with Crippen LogP contribution >= 0.6 is 0 Å². The van der Waals surface area contributed by atoms with Gasteiger partial charge in [0.05, 0.1) is 13.7 Å². The fraction of sp³-hybridized carbons (Fsp3) is 0.367. The number of methoxy groups -OCH3 is 1. The summed E-state index contributed by atoms with van der Waals surface area (Å²) < 4.78 is 5.47. The van der Waals surface area contributed by atoms with Crippen LogP contribution in [0.5, 0.6) is 5.75 Å². The molecule has 188 valence electrons. The minimum absolute atomic E-state index is 0.106. The number of anilines is 2. The summed E-state index contributed by atoms with van der Waals surface area (Å²) in [5.41, 5.74) is 6.23. The normalized spacial score (nSPS) is 16.1. The molecule has 0 aromatic heterocycles. The van der Waals surface area contributed by atoms with E-state index < -0.39 is 0 Å². The first-order valence-corrected chi connectivity index (χ1v) is 13.0. The Bertz CT molecular complexity index is 1160. The minimum Gasteiger partial charge on any atom is -0.497 e. The Morgan fingerprint density at radius 2 is 1.61 bits per heavy atom. The Balaban J connectivity index is 1.37. The topological polar surface area (TPSA) is 48.1 Å². The lowest BCUT2D eigenvalue weighted by molar-refractivity contribution is -0.124. The molecular formula is C30H36N4O2. The zero-order valence-electron chi connectivity index (χ0n) is 21.2. The average Bonchev–Trinajstić information content (AvgIpc) is 3.44. The number of ether oxygens (including phenoxy) is 1. The Labute approximate surface area is 214 Å². The van der Waals surface area contributed by atoms with Gasteiger partial charge in [-0.05, 0) is 65.9 Å². The van der Waals surface area contributed by atoms with E-state index >= 15 is 0 Å². The molecule has 6 nitrogen and oxygen atoms in total. The van der Waals surface area contributed by atoms with Crippen molar-refractivity contribution in [3.05, 3.63) is 89.5 Å². The number of piperazine rings is 1. The van der Waals surface area contributed by atoms with Crippen LogP contribution in [0.1, 0.15) is 29.5 Å². The Morgan fingerprint density at radius 3 is 2.39 bits per heavy atom. The molecular weight excluding hydrogens is 448 g/mol. The number of carbonyl (C=O) groups excluding carboxylic acids is 1. The number of nitrogens with zero attached hydrogens (tertiary/aromatic N) is 3. The van der Waals surface area contributed by atoms with Gasteiger partial charge in [0.1, 0.15) is 5.75 Å². The summed E-state index contributed by atoms with van der Waals surface area (Å²) in [6.07, 6.45) is 2.57.